The molecule has 0 aliphatic carbocycles. The summed E-state index contributed by atoms with van der Waals surface area (Å²) in [7, 11) is 2.82. The lowest BCUT2D eigenvalue weighted by atomic mass is 10.2. The molecule has 0 bridgehead atoms. The molecule has 0 radical (unpaired) electrons. The molecule has 27 heavy (non-hydrogen) atoms. The van der Waals surface area contributed by atoms with Crippen LogP contribution < -0.4 is 4.74 Å². The minimum atomic E-state index is -0.971. The molecule has 1 fully saturated rings. The Balaban J connectivity index is 1.90. The van der Waals surface area contributed by atoms with Gasteiger partial charge in [0.25, 0.3) is 11.1 Å². The van der Waals surface area contributed by atoms with Crippen LogP contribution in [-0.2, 0) is 14.3 Å². The van der Waals surface area contributed by atoms with E-state index in [4.69, 9.17) is 4.74 Å². The highest BCUT2D eigenvalue weighted by Gasteiger charge is 2.41. The molecule has 0 N–H and O–H groups in total. The van der Waals surface area contributed by atoms with Gasteiger partial charge in [-0.15, -0.1) is 0 Å². The van der Waals surface area contributed by atoms with E-state index in [-0.39, 0.29) is 4.91 Å². The monoisotopic (exact) mass is 386 g/mol. The van der Waals surface area contributed by atoms with E-state index in [1.54, 1.807) is 13.2 Å². The number of esters is 1. The minimum absolute atomic E-state index is 0.254. The summed E-state index contributed by atoms with van der Waals surface area (Å²) in [6, 6.07) is 10.2. The predicted molar refractivity (Wildman–Crippen MR) is 102 cm³/mol. The molecular weight excluding hydrogens is 368 g/mol. The van der Waals surface area contributed by atoms with Gasteiger partial charge in [0.15, 0.2) is 0 Å². The van der Waals surface area contributed by atoms with Crippen molar-refractivity contribution in [3.05, 3.63) is 53.2 Å². The largest absolute Gasteiger partial charge is 0.497 e. The maximum Gasteiger partial charge on any atom is 0.328 e. The summed E-state index contributed by atoms with van der Waals surface area (Å²) in [5.41, 5.74) is 1.62. The Labute approximate surface area is 160 Å². The first-order valence-corrected chi connectivity index (χ1v) is 8.94. The first kappa shape index (κ1) is 18.8. The third-order valence-electron chi connectivity index (χ3n) is 4.16. The zero-order valence-corrected chi connectivity index (χ0v) is 15.9. The van der Waals surface area contributed by atoms with Gasteiger partial charge in [-0.25, -0.2) is 4.79 Å². The van der Waals surface area contributed by atoms with E-state index in [1.807, 2.05) is 47.2 Å². The molecule has 1 atom stereocenters. The van der Waals surface area contributed by atoms with Crippen molar-refractivity contribution in [1.82, 2.24) is 9.47 Å². The lowest BCUT2D eigenvalue weighted by Gasteiger charge is -2.18. The number of ether oxygens (including phenoxy) is 2. The third kappa shape index (κ3) is 3.61. The van der Waals surface area contributed by atoms with Crippen LogP contribution in [0.25, 0.3) is 11.8 Å². The normalized spacial score (nSPS) is 16.7. The molecule has 1 unspecified atom stereocenters. The molecule has 1 aliphatic heterocycles. The first-order chi connectivity index (χ1) is 13.0. The van der Waals surface area contributed by atoms with E-state index < -0.39 is 23.2 Å². The molecule has 0 spiro atoms. The van der Waals surface area contributed by atoms with Gasteiger partial charge in [-0.2, -0.15) is 0 Å². The van der Waals surface area contributed by atoms with Gasteiger partial charge in [-0.05, 0) is 61.2 Å². The zero-order valence-electron chi connectivity index (χ0n) is 15.0. The Kier molecular flexibility index (Phi) is 5.36. The van der Waals surface area contributed by atoms with Crippen molar-refractivity contribution >= 4 is 35.0 Å². The Morgan fingerprint density at radius 3 is 2.48 bits per heavy atom. The molecule has 1 aromatic heterocycles. The number of nitrogens with zero attached hydrogens (tertiary/aromatic N) is 2. The molecule has 1 aromatic carbocycles. The number of hydrogen-bond acceptors (Lipinski definition) is 6. The second-order valence-electron chi connectivity index (χ2n) is 5.75. The SMILES string of the molecule is COC(=O)C(C)N1C(=O)SC(=Cc2cccn2-c2ccc(OC)cc2)C1=O. The molecule has 0 saturated carbocycles. The maximum absolute atomic E-state index is 12.6. The van der Waals surface area contributed by atoms with Crippen molar-refractivity contribution in [1.29, 1.82) is 0 Å². The van der Waals surface area contributed by atoms with Crippen molar-refractivity contribution in [2.75, 3.05) is 14.2 Å². The van der Waals surface area contributed by atoms with Crippen molar-refractivity contribution in [3.8, 4) is 11.4 Å². The van der Waals surface area contributed by atoms with E-state index in [2.05, 4.69) is 4.74 Å². The summed E-state index contributed by atoms with van der Waals surface area (Å²) in [4.78, 5) is 37.7. The lowest BCUT2D eigenvalue weighted by Crippen LogP contribution is -2.42. The molecule has 1 saturated heterocycles. The Morgan fingerprint density at radius 2 is 1.85 bits per heavy atom. The summed E-state index contributed by atoms with van der Waals surface area (Å²) in [5, 5.41) is -0.494. The van der Waals surface area contributed by atoms with E-state index in [0.29, 0.717) is 0 Å². The number of thioether (sulfide) groups is 1. The summed E-state index contributed by atoms with van der Waals surface area (Å²) in [6.07, 6.45) is 3.49. The van der Waals surface area contributed by atoms with Gasteiger partial charge in [0.05, 0.1) is 19.1 Å². The zero-order chi connectivity index (χ0) is 19.6. The number of amides is 2. The number of carbonyl (C=O) groups is 3. The first-order valence-electron chi connectivity index (χ1n) is 8.13. The van der Waals surface area contributed by atoms with Gasteiger partial charge in [-0.3, -0.25) is 14.5 Å². The van der Waals surface area contributed by atoms with Crippen LogP contribution in [0.3, 0.4) is 0 Å². The highest BCUT2D eigenvalue weighted by atomic mass is 32.2. The summed E-state index contributed by atoms with van der Waals surface area (Å²) >= 11 is 0.804. The fourth-order valence-corrected chi connectivity index (χ4v) is 3.61. The quantitative estimate of drug-likeness (QED) is 0.581. The standard InChI is InChI=1S/C19H18N2O5S/c1-12(18(23)26-3)21-17(22)16(27-19(21)24)11-14-5-4-10-20(14)13-6-8-15(25-2)9-7-13/h4-12H,1-3H3. The second kappa shape index (κ2) is 7.71. The Hall–Kier alpha value is -3.00. The number of aromatic nitrogens is 1. The van der Waals surface area contributed by atoms with Crippen LogP contribution in [0.15, 0.2) is 47.5 Å². The van der Waals surface area contributed by atoms with E-state index in [1.165, 1.54) is 14.0 Å². The summed E-state index contributed by atoms with van der Waals surface area (Å²) < 4.78 is 11.7. The number of carbonyl (C=O) groups excluding carboxylic acids is 3. The average Bonchev–Trinajstić information content (AvgIpc) is 3.25. The molecule has 3 rings (SSSR count). The molecule has 140 valence electrons. The average molecular weight is 386 g/mol. The second-order valence-corrected chi connectivity index (χ2v) is 6.75. The smallest absolute Gasteiger partial charge is 0.328 e. The highest BCUT2D eigenvalue weighted by Crippen LogP contribution is 2.34. The third-order valence-corrected chi connectivity index (χ3v) is 5.05. The maximum atomic E-state index is 12.6. The molecule has 2 amide bonds. The van der Waals surface area contributed by atoms with Crippen molar-refractivity contribution < 1.29 is 23.9 Å². The number of rotatable bonds is 5. The van der Waals surface area contributed by atoms with Crippen LogP contribution in [0.2, 0.25) is 0 Å². The lowest BCUT2D eigenvalue weighted by molar-refractivity contribution is -0.148. The van der Waals surface area contributed by atoms with Crippen LogP contribution in [0.5, 0.6) is 5.75 Å². The van der Waals surface area contributed by atoms with E-state index >= 15 is 0 Å². The van der Waals surface area contributed by atoms with Crippen molar-refractivity contribution in [3.63, 3.8) is 0 Å². The van der Waals surface area contributed by atoms with E-state index in [0.717, 1.165) is 33.8 Å². The molecule has 2 heterocycles. The number of hydrogen-bond donors (Lipinski definition) is 0. The summed E-state index contributed by atoms with van der Waals surface area (Å²) in [5.74, 6) is -0.407. The van der Waals surface area contributed by atoms with E-state index in [9.17, 15) is 14.4 Å². The van der Waals surface area contributed by atoms with Crippen LogP contribution in [-0.4, -0.2) is 46.8 Å². The highest BCUT2D eigenvalue weighted by molar-refractivity contribution is 8.18. The van der Waals surface area contributed by atoms with Crippen LogP contribution in [0.4, 0.5) is 4.79 Å². The van der Waals surface area contributed by atoms with Crippen LogP contribution in [0.1, 0.15) is 12.6 Å². The Morgan fingerprint density at radius 1 is 1.15 bits per heavy atom. The predicted octanol–water partition coefficient (Wildman–Crippen LogP) is 3.08. The van der Waals surface area contributed by atoms with Gasteiger partial charge in [-0.1, -0.05) is 0 Å². The van der Waals surface area contributed by atoms with Gasteiger partial charge in [0, 0.05) is 17.6 Å². The number of methoxy groups -OCH3 is 2. The fourth-order valence-electron chi connectivity index (χ4n) is 2.71. The minimum Gasteiger partial charge on any atom is -0.497 e. The van der Waals surface area contributed by atoms with Gasteiger partial charge in [0.2, 0.25) is 0 Å². The molecule has 8 heteroatoms. The van der Waals surface area contributed by atoms with Gasteiger partial charge in [0.1, 0.15) is 11.8 Å². The van der Waals surface area contributed by atoms with Crippen LogP contribution in [0, 0.1) is 0 Å². The number of imide groups is 1. The molecule has 1 aliphatic rings. The molecule has 2 aromatic rings. The number of benzene rings is 1. The van der Waals surface area contributed by atoms with Gasteiger partial charge < -0.3 is 14.0 Å². The summed E-state index contributed by atoms with van der Waals surface area (Å²) in [6.45, 7) is 1.46. The molecule has 7 nitrogen and oxygen atoms in total. The van der Waals surface area contributed by atoms with Crippen molar-refractivity contribution in [2.45, 2.75) is 13.0 Å². The van der Waals surface area contributed by atoms with Crippen molar-refractivity contribution in [2.24, 2.45) is 0 Å². The fraction of sp³-hybridized carbons (Fsp3) is 0.211. The molecular formula is C19H18N2O5S. The topological polar surface area (TPSA) is 77.8 Å². The van der Waals surface area contributed by atoms with Crippen LogP contribution >= 0.6 is 11.8 Å². The van der Waals surface area contributed by atoms with Gasteiger partial charge >= 0.3 is 5.97 Å². The Bertz CT molecular complexity index is 916.